The zero-order valence-electron chi connectivity index (χ0n) is 23.1. The maximum atomic E-state index is 13.0. The number of ether oxygens (including phenoxy) is 2. The van der Waals surface area contributed by atoms with Crippen LogP contribution in [0.25, 0.3) is 0 Å². The summed E-state index contributed by atoms with van der Waals surface area (Å²) < 4.78 is 13.0. The molecular weight excluding hydrogens is 568 g/mol. The van der Waals surface area contributed by atoms with E-state index in [4.69, 9.17) is 9.47 Å². The van der Waals surface area contributed by atoms with Crippen LogP contribution < -0.4 is 4.90 Å². The SMILES string of the molecule is CC1C(CSc2ncccc2C(=O)O)OC(c2ccc(N3C(=O)c4ccccc4C3=O)cc2)OC1c1ccc(CO)cc1. The van der Waals surface area contributed by atoms with Crippen LogP contribution >= 0.6 is 11.8 Å². The lowest BCUT2D eigenvalue weighted by Crippen LogP contribution is -2.38. The third kappa shape index (κ3) is 5.57. The Kier molecular flexibility index (Phi) is 8.09. The van der Waals surface area contributed by atoms with E-state index in [0.29, 0.717) is 33.2 Å². The molecule has 10 heteroatoms. The molecule has 4 unspecified atom stereocenters. The second-order valence-electron chi connectivity index (χ2n) is 10.4. The molecule has 0 radical (unpaired) electrons. The number of rotatable bonds is 8. The van der Waals surface area contributed by atoms with Crippen molar-refractivity contribution in [2.24, 2.45) is 5.92 Å². The fourth-order valence-electron chi connectivity index (χ4n) is 5.34. The van der Waals surface area contributed by atoms with E-state index in [1.807, 2.05) is 31.2 Å². The van der Waals surface area contributed by atoms with Crippen molar-refractivity contribution in [2.45, 2.75) is 37.1 Å². The number of thioether (sulfide) groups is 1. The number of amides is 2. The van der Waals surface area contributed by atoms with E-state index in [0.717, 1.165) is 16.0 Å². The Bertz CT molecular complexity index is 1640. The van der Waals surface area contributed by atoms with E-state index in [9.17, 15) is 24.6 Å². The zero-order chi connectivity index (χ0) is 30.1. The molecule has 1 fully saturated rings. The van der Waals surface area contributed by atoms with Crippen LogP contribution in [-0.2, 0) is 16.1 Å². The Hall–Kier alpha value is -4.35. The predicted molar refractivity (Wildman–Crippen MR) is 159 cm³/mol. The summed E-state index contributed by atoms with van der Waals surface area (Å²) in [5, 5.41) is 19.5. The van der Waals surface area contributed by atoms with Gasteiger partial charge in [-0.15, -0.1) is 11.8 Å². The third-order valence-corrected chi connectivity index (χ3v) is 8.82. The summed E-state index contributed by atoms with van der Waals surface area (Å²) in [4.78, 5) is 43.1. The van der Waals surface area contributed by atoms with Crippen LogP contribution in [0, 0.1) is 5.92 Å². The number of carbonyl (C=O) groups is 3. The Morgan fingerprint density at radius 1 is 0.884 bits per heavy atom. The second-order valence-corrected chi connectivity index (χ2v) is 11.4. The zero-order valence-corrected chi connectivity index (χ0v) is 23.9. The highest BCUT2D eigenvalue weighted by atomic mass is 32.2. The van der Waals surface area contributed by atoms with Crippen LogP contribution in [0.4, 0.5) is 5.69 Å². The number of carboxylic acid groups (broad SMARTS) is 1. The van der Waals surface area contributed by atoms with E-state index in [2.05, 4.69) is 4.98 Å². The van der Waals surface area contributed by atoms with E-state index in [-0.39, 0.29) is 42.1 Å². The van der Waals surface area contributed by atoms with Gasteiger partial charge in [0, 0.05) is 23.4 Å². The Morgan fingerprint density at radius 2 is 1.53 bits per heavy atom. The molecule has 3 aromatic carbocycles. The van der Waals surface area contributed by atoms with Crippen LogP contribution in [0.5, 0.6) is 0 Å². The Morgan fingerprint density at radius 3 is 2.16 bits per heavy atom. The van der Waals surface area contributed by atoms with Gasteiger partial charge in [-0.2, -0.15) is 0 Å². The molecule has 3 heterocycles. The second kappa shape index (κ2) is 12.1. The minimum atomic E-state index is -1.05. The molecule has 4 atom stereocenters. The number of pyridine rings is 1. The van der Waals surface area contributed by atoms with Crippen LogP contribution in [0.2, 0.25) is 0 Å². The van der Waals surface area contributed by atoms with E-state index >= 15 is 0 Å². The van der Waals surface area contributed by atoms with Gasteiger partial charge in [0.25, 0.3) is 11.8 Å². The number of hydrogen-bond donors (Lipinski definition) is 2. The summed E-state index contributed by atoms with van der Waals surface area (Å²) in [5.41, 5.74) is 3.72. The van der Waals surface area contributed by atoms with Crippen LogP contribution in [0.1, 0.15) is 67.1 Å². The maximum absolute atomic E-state index is 13.0. The van der Waals surface area contributed by atoms with Crippen molar-refractivity contribution in [3.8, 4) is 0 Å². The van der Waals surface area contributed by atoms with Crippen molar-refractivity contribution in [3.05, 3.63) is 125 Å². The first-order valence-corrected chi connectivity index (χ1v) is 14.7. The molecule has 0 saturated carbocycles. The van der Waals surface area contributed by atoms with Gasteiger partial charge in [-0.25, -0.2) is 14.7 Å². The number of aliphatic hydroxyl groups is 1. The molecule has 6 rings (SSSR count). The minimum Gasteiger partial charge on any atom is -0.478 e. The molecular formula is C33H28N2O7S. The van der Waals surface area contributed by atoms with Gasteiger partial charge in [0.1, 0.15) is 5.03 Å². The monoisotopic (exact) mass is 596 g/mol. The smallest absolute Gasteiger partial charge is 0.338 e. The van der Waals surface area contributed by atoms with E-state index in [1.165, 1.54) is 17.8 Å². The van der Waals surface area contributed by atoms with Gasteiger partial charge < -0.3 is 19.7 Å². The lowest BCUT2D eigenvalue weighted by molar-refractivity contribution is -0.268. The van der Waals surface area contributed by atoms with Crippen LogP contribution in [0.3, 0.4) is 0 Å². The van der Waals surface area contributed by atoms with Crippen LogP contribution in [-0.4, -0.2) is 44.8 Å². The molecule has 0 aliphatic carbocycles. The van der Waals surface area contributed by atoms with Gasteiger partial charge in [-0.3, -0.25) is 9.59 Å². The Labute approximate surface area is 252 Å². The Balaban J connectivity index is 1.26. The summed E-state index contributed by atoms with van der Waals surface area (Å²) in [6.45, 7) is 1.95. The van der Waals surface area contributed by atoms with Gasteiger partial charge in [-0.1, -0.05) is 55.5 Å². The predicted octanol–water partition coefficient (Wildman–Crippen LogP) is 5.66. The largest absolute Gasteiger partial charge is 0.478 e. The molecule has 4 aromatic rings. The molecule has 43 heavy (non-hydrogen) atoms. The number of carbonyl (C=O) groups excluding carboxylic acids is 2. The molecule has 0 spiro atoms. The highest BCUT2D eigenvalue weighted by Gasteiger charge is 2.39. The number of fused-ring (bicyclic) bond motifs is 1. The number of anilines is 1. The molecule has 0 bridgehead atoms. The number of benzene rings is 3. The number of hydrogen-bond acceptors (Lipinski definition) is 8. The molecule has 1 saturated heterocycles. The molecule has 1 aromatic heterocycles. The number of aliphatic hydroxyl groups excluding tert-OH is 1. The standard InChI is InChI=1S/C33H28N2O7S/c1-19-27(18-43-29-26(32(39)40)7-4-16-34-29)41-33(42-28(19)21-10-8-20(17-36)9-11-21)22-12-14-23(15-13-22)35-30(37)24-5-2-3-6-25(24)31(35)38/h2-16,19,27-28,33,36H,17-18H2,1H3,(H,39,40). The molecule has 2 N–H and O–H groups in total. The summed E-state index contributed by atoms with van der Waals surface area (Å²) in [7, 11) is 0. The molecule has 218 valence electrons. The minimum absolute atomic E-state index is 0.0677. The summed E-state index contributed by atoms with van der Waals surface area (Å²) in [6, 6.07) is 24.4. The number of aromatic nitrogens is 1. The summed E-state index contributed by atoms with van der Waals surface area (Å²) >= 11 is 1.31. The summed E-state index contributed by atoms with van der Waals surface area (Å²) in [5.74, 6) is -1.47. The summed E-state index contributed by atoms with van der Waals surface area (Å²) in [6.07, 6.45) is 0.0811. The van der Waals surface area contributed by atoms with Crippen molar-refractivity contribution in [1.82, 2.24) is 4.98 Å². The van der Waals surface area contributed by atoms with Gasteiger partial charge in [0.15, 0.2) is 6.29 Å². The lowest BCUT2D eigenvalue weighted by Gasteiger charge is -2.41. The first-order valence-electron chi connectivity index (χ1n) is 13.7. The number of aromatic carboxylic acids is 1. The van der Waals surface area contributed by atoms with Gasteiger partial charge in [0.05, 0.1) is 41.2 Å². The fourth-order valence-corrected chi connectivity index (χ4v) is 6.49. The van der Waals surface area contributed by atoms with Crippen molar-refractivity contribution in [1.29, 1.82) is 0 Å². The average molecular weight is 597 g/mol. The topological polar surface area (TPSA) is 126 Å². The fraction of sp³-hybridized carbons (Fsp3) is 0.212. The number of imide groups is 1. The van der Waals surface area contributed by atoms with Crippen LogP contribution in [0.15, 0.2) is 96.2 Å². The van der Waals surface area contributed by atoms with Gasteiger partial charge >= 0.3 is 5.97 Å². The quantitative estimate of drug-likeness (QED) is 0.196. The first kappa shape index (κ1) is 28.8. The van der Waals surface area contributed by atoms with Crippen molar-refractivity contribution < 1.29 is 34.1 Å². The van der Waals surface area contributed by atoms with Crippen molar-refractivity contribution in [2.75, 3.05) is 10.7 Å². The van der Waals surface area contributed by atoms with E-state index in [1.54, 1.807) is 60.8 Å². The average Bonchev–Trinajstić information content (AvgIpc) is 3.30. The highest BCUT2D eigenvalue weighted by Crippen LogP contribution is 2.43. The normalized spacial score (nSPS) is 21.6. The maximum Gasteiger partial charge on any atom is 0.338 e. The first-order chi connectivity index (χ1) is 20.9. The number of carboxylic acids is 1. The van der Waals surface area contributed by atoms with Crippen molar-refractivity contribution in [3.63, 3.8) is 0 Å². The van der Waals surface area contributed by atoms with E-state index < -0.39 is 12.3 Å². The third-order valence-electron chi connectivity index (χ3n) is 7.73. The highest BCUT2D eigenvalue weighted by molar-refractivity contribution is 7.99. The van der Waals surface area contributed by atoms with Gasteiger partial charge in [0.2, 0.25) is 0 Å². The van der Waals surface area contributed by atoms with Gasteiger partial charge in [-0.05, 0) is 47.5 Å². The molecule has 9 nitrogen and oxygen atoms in total. The van der Waals surface area contributed by atoms with Crippen molar-refractivity contribution >= 4 is 35.2 Å². The molecule has 2 amide bonds. The molecule has 2 aliphatic heterocycles. The lowest BCUT2D eigenvalue weighted by atomic mass is 9.91. The molecule has 2 aliphatic rings. The number of nitrogens with zero attached hydrogens (tertiary/aromatic N) is 2.